The third-order valence-electron chi connectivity index (χ3n) is 2.74. The van der Waals surface area contributed by atoms with Gasteiger partial charge in [-0.2, -0.15) is 5.26 Å². The van der Waals surface area contributed by atoms with Crippen molar-refractivity contribution in [1.82, 2.24) is 4.90 Å². The van der Waals surface area contributed by atoms with Gasteiger partial charge >= 0.3 is 0 Å². The van der Waals surface area contributed by atoms with Gasteiger partial charge in [-0.1, -0.05) is 12.1 Å². The van der Waals surface area contributed by atoms with Crippen LogP contribution in [0.25, 0.3) is 0 Å². The molecule has 1 aromatic carbocycles. The van der Waals surface area contributed by atoms with Crippen LogP contribution in [-0.2, 0) is 6.54 Å². The fourth-order valence-electron chi connectivity index (χ4n) is 1.56. The molecule has 0 heterocycles. The molecule has 1 rings (SSSR count). The van der Waals surface area contributed by atoms with Crippen molar-refractivity contribution in [3.63, 3.8) is 0 Å². The number of benzene rings is 1. The molecule has 0 N–H and O–H groups in total. The molecule has 86 valence electrons. The number of aryl methyl sites for hydroxylation is 1. The van der Waals surface area contributed by atoms with Crippen LogP contribution >= 0.6 is 0 Å². The number of methoxy groups -OCH3 is 1. The molecule has 0 aliphatic rings. The molecule has 16 heavy (non-hydrogen) atoms. The summed E-state index contributed by atoms with van der Waals surface area (Å²) in [5.41, 5.74) is 2.32. The summed E-state index contributed by atoms with van der Waals surface area (Å²) in [6.07, 6.45) is 0. The quantitative estimate of drug-likeness (QED) is 0.778. The van der Waals surface area contributed by atoms with Crippen LogP contribution in [0.4, 0.5) is 0 Å². The molecular formula is C13H18N2O. The van der Waals surface area contributed by atoms with E-state index in [0.717, 1.165) is 17.9 Å². The van der Waals surface area contributed by atoms with Gasteiger partial charge in [0.2, 0.25) is 0 Å². The number of nitrogens with zero attached hydrogens (tertiary/aromatic N) is 2. The van der Waals surface area contributed by atoms with Crippen LogP contribution in [0.3, 0.4) is 0 Å². The average molecular weight is 218 g/mol. The molecule has 1 unspecified atom stereocenters. The summed E-state index contributed by atoms with van der Waals surface area (Å²) < 4.78 is 5.21. The van der Waals surface area contributed by atoms with Gasteiger partial charge in [0.1, 0.15) is 5.75 Å². The van der Waals surface area contributed by atoms with Crippen molar-refractivity contribution in [2.75, 3.05) is 14.2 Å². The predicted octanol–water partition coefficient (Wildman–Crippen LogP) is 2.35. The maximum absolute atomic E-state index is 8.81. The Morgan fingerprint density at radius 2 is 2.19 bits per heavy atom. The van der Waals surface area contributed by atoms with Crippen molar-refractivity contribution in [3.8, 4) is 11.8 Å². The van der Waals surface area contributed by atoms with Crippen LogP contribution in [0.15, 0.2) is 18.2 Å². The molecule has 1 aromatic rings. The van der Waals surface area contributed by atoms with E-state index in [1.54, 1.807) is 7.11 Å². The van der Waals surface area contributed by atoms with Gasteiger partial charge in [0.15, 0.2) is 0 Å². The zero-order chi connectivity index (χ0) is 12.1. The maximum Gasteiger partial charge on any atom is 0.121 e. The van der Waals surface area contributed by atoms with E-state index in [-0.39, 0.29) is 6.04 Å². The van der Waals surface area contributed by atoms with Crippen LogP contribution < -0.4 is 4.74 Å². The SMILES string of the molecule is COc1ccc(CN(C)C(C)C#N)cc1C. The number of nitriles is 1. The minimum Gasteiger partial charge on any atom is -0.496 e. The van der Waals surface area contributed by atoms with E-state index in [0.29, 0.717) is 0 Å². The Balaban J connectivity index is 2.76. The molecule has 0 aliphatic heterocycles. The highest BCUT2D eigenvalue weighted by Crippen LogP contribution is 2.19. The lowest BCUT2D eigenvalue weighted by molar-refractivity contribution is 0.294. The molecule has 0 bridgehead atoms. The predicted molar refractivity (Wildman–Crippen MR) is 64.3 cm³/mol. The molecule has 0 spiro atoms. The Bertz CT molecular complexity index is 395. The van der Waals surface area contributed by atoms with Gasteiger partial charge in [-0.05, 0) is 38.1 Å². The first-order valence-electron chi connectivity index (χ1n) is 5.32. The molecule has 0 aliphatic carbocycles. The Morgan fingerprint density at radius 3 is 2.69 bits per heavy atom. The zero-order valence-corrected chi connectivity index (χ0v) is 10.3. The van der Waals surface area contributed by atoms with Crippen LogP contribution in [-0.4, -0.2) is 25.1 Å². The van der Waals surface area contributed by atoms with E-state index in [9.17, 15) is 0 Å². The molecule has 0 fully saturated rings. The summed E-state index contributed by atoms with van der Waals surface area (Å²) in [6.45, 7) is 4.70. The van der Waals surface area contributed by atoms with Crippen molar-refractivity contribution >= 4 is 0 Å². The van der Waals surface area contributed by atoms with E-state index in [2.05, 4.69) is 12.1 Å². The highest BCUT2D eigenvalue weighted by molar-refractivity contribution is 5.36. The molecular weight excluding hydrogens is 200 g/mol. The fourth-order valence-corrected chi connectivity index (χ4v) is 1.56. The standard InChI is InChI=1S/C13H18N2O/c1-10-7-12(5-6-13(10)16-4)9-15(3)11(2)8-14/h5-7,11H,9H2,1-4H3. The van der Waals surface area contributed by atoms with Crippen molar-refractivity contribution in [2.45, 2.75) is 26.4 Å². The van der Waals surface area contributed by atoms with Gasteiger partial charge in [0.25, 0.3) is 0 Å². The summed E-state index contributed by atoms with van der Waals surface area (Å²) >= 11 is 0. The van der Waals surface area contributed by atoms with E-state index in [1.165, 1.54) is 5.56 Å². The molecule has 0 saturated carbocycles. The number of rotatable bonds is 4. The molecule has 0 saturated heterocycles. The monoisotopic (exact) mass is 218 g/mol. The smallest absolute Gasteiger partial charge is 0.121 e. The molecule has 0 aromatic heterocycles. The number of hydrogen-bond donors (Lipinski definition) is 0. The summed E-state index contributed by atoms with van der Waals surface area (Å²) in [4.78, 5) is 2.02. The van der Waals surface area contributed by atoms with Gasteiger partial charge in [0.05, 0.1) is 19.2 Å². The first kappa shape index (κ1) is 12.5. The highest BCUT2D eigenvalue weighted by atomic mass is 16.5. The minimum absolute atomic E-state index is 0.0672. The molecule has 0 radical (unpaired) electrons. The molecule has 3 nitrogen and oxygen atoms in total. The number of ether oxygens (including phenoxy) is 1. The summed E-state index contributed by atoms with van der Waals surface area (Å²) in [5, 5.41) is 8.81. The van der Waals surface area contributed by atoms with Gasteiger partial charge in [-0.15, -0.1) is 0 Å². The Morgan fingerprint density at radius 1 is 1.50 bits per heavy atom. The van der Waals surface area contributed by atoms with Gasteiger partial charge in [-0.25, -0.2) is 0 Å². The van der Waals surface area contributed by atoms with Crippen molar-refractivity contribution in [3.05, 3.63) is 29.3 Å². The normalized spacial score (nSPS) is 12.2. The largest absolute Gasteiger partial charge is 0.496 e. The second-order valence-electron chi connectivity index (χ2n) is 4.02. The minimum atomic E-state index is -0.0672. The van der Waals surface area contributed by atoms with E-state index >= 15 is 0 Å². The van der Waals surface area contributed by atoms with Crippen molar-refractivity contribution in [2.24, 2.45) is 0 Å². The Hall–Kier alpha value is -1.53. The van der Waals surface area contributed by atoms with E-state index < -0.39 is 0 Å². The Labute approximate surface area is 97.3 Å². The second-order valence-corrected chi connectivity index (χ2v) is 4.02. The molecule has 1 atom stereocenters. The van der Waals surface area contributed by atoms with Crippen LogP contribution in [0.1, 0.15) is 18.1 Å². The van der Waals surface area contributed by atoms with E-state index in [4.69, 9.17) is 10.00 Å². The maximum atomic E-state index is 8.81. The van der Waals surface area contributed by atoms with Gasteiger partial charge in [-0.3, -0.25) is 4.90 Å². The summed E-state index contributed by atoms with van der Waals surface area (Å²) in [5.74, 6) is 0.903. The first-order valence-corrected chi connectivity index (χ1v) is 5.32. The topological polar surface area (TPSA) is 36.3 Å². The lowest BCUT2D eigenvalue weighted by Gasteiger charge is -2.19. The van der Waals surface area contributed by atoms with Crippen LogP contribution in [0, 0.1) is 18.3 Å². The van der Waals surface area contributed by atoms with E-state index in [1.807, 2.05) is 37.9 Å². The van der Waals surface area contributed by atoms with Crippen molar-refractivity contribution in [1.29, 1.82) is 5.26 Å². The van der Waals surface area contributed by atoms with Crippen molar-refractivity contribution < 1.29 is 4.74 Å². The first-order chi connectivity index (χ1) is 7.58. The lowest BCUT2D eigenvalue weighted by Crippen LogP contribution is -2.26. The van der Waals surface area contributed by atoms with Crippen LogP contribution in [0.5, 0.6) is 5.75 Å². The molecule has 3 heteroatoms. The van der Waals surface area contributed by atoms with Gasteiger partial charge in [0, 0.05) is 6.54 Å². The third kappa shape index (κ3) is 2.98. The number of hydrogen-bond acceptors (Lipinski definition) is 3. The highest BCUT2D eigenvalue weighted by Gasteiger charge is 2.08. The van der Waals surface area contributed by atoms with Gasteiger partial charge < -0.3 is 4.74 Å². The third-order valence-corrected chi connectivity index (χ3v) is 2.74. The zero-order valence-electron chi connectivity index (χ0n) is 10.3. The molecule has 0 amide bonds. The van der Waals surface area contributed by atoms with Crippen LogP contribution in [0.2, 0.25) is 0 Å². The fraction of sp³-hybridized carbons (Fsp3) is 0.462. The average Bonchev–Trinajstić information content (AvgIpc) is 2.28. The summed E-state index contributed by atoms with van der Waals surface area (Å²) in [6, 6.07) is 8.25. The summed E-state index contributed by atoms with van der Waals surface area (Å²) in [7, 11) is 3.62. The lowest BCUT2D eigenvalue weighted by atomic mass is 10.1. The Kier molecular flexibility index (Phi) is 4.33. The second kappa shape index (κ2) is 5.53.